The van der Waals surface area contributed by atoms with Crippen molar-refractivity contribution in [2.24, 2.45) is 0 Å². The molecule has 0 unspecified atom stereocenters. The molecule has 3 nitrogen and oxygen atoms in total. The number of alkyl halides is 4. The molecule has 0 saturated heterocycles. The highest BCUT2D eigenvalue weighted by molar-refractivity contribution is 6.17. The first-order chi connectivity index (χ1) is 9.99. The van der Waals surface area contributed by atoms with Gasteiger partial charge in [-0.05, 0) is 12.1 Å². The Morgan fingerprint density at radius 2 is 1.95 bits per heavy atom. The Balaban J connectivity index is 2.21. The lowest BCUT2D eigenvalue weighted by molar-refractivity contribution is -0.137. The molecule has 0 aliphatic heterocycles. The number of fused-ring (bicyclic) bond motifs is 1. The average Bonchev–Trinajstić information content (AvgIpc) is 2.95. The minimum Gasteiger partial charge on any atom is -0.251 e. The van der Waals surface area contributed by atoms with E-state index in [4.69, 9.17) is 11.6 Å². The Kier molecular flexibility index (Phi) is 3.33. The van der Waals surface area contributed by atoms with E-state index in [0.29, 0.717) is 22.3 Å². The summed E-state index contributed by atoms with van der Waals surface area (Å²) in [6, 6.07) is 8.81. The molecule has 0 atom stereocenters. The largest absolute Gasteiger partial charge is 0.419 e. The molecule has 0 radical (unpaired) electrons. The van der Waals surface area contributed by atoms with Gasteiger partial charge < -0.3 is 0 Å². The molecule has 0 fully saturated rings. The minimum absolute atomic E-state index is 0.172. The van der Waals surface area contributed by atoms with Crippen LogP contribution in [0, 0.1) is 0 Å². The van der Waals surface area contributed by atoms with Crippen LogP contribution in [0.2, 0.25) is 0 Å². The first kappa shape index (κ1) is 13.9. The molecule has 0 amide bonds. The number of hydrogen-bond donors (Lipinski definition) is 0. The number of para-hydroxylation sites is 1. The molecular weight excluding hydrogens is 303 g/mol. The van der Waals surface area contributed by atoms with Crippen LogP contribution in [0.15, 0.2) is 42.7 Å². The lowest BCUT2D eigenvalue weighted by atomic mass is 10.1. The van der Waals surface area contributed by atoms with Crippen LogP contribution in [0.1, 0.15) is 11.3 Å². The van der Waals surface area contributed by atoms with E-state index in [1.54, 1.807) is 30.3 Å². The maximum atomic E-state index is 12.7. The van der Waals surface area contributed by atoms with Crippen LogP contribution < -0.4 is 0 Å². The normalized spacial score (nSPS) is 12.0. The molecule has 7 heteroatoms. The van der Waals surface area contributed by atoms with Crippen molar-refractivity contribution in [3.63, 3.8) is 0 Å². The standard InChI is InChI=1S/C14H9ClF3N3/c15-6-10-5-13(11-3-1-2-4-12(11)20-10)21-8-9(7-19-21)14(16,17)18/h1-5,7-8H,6H2. The van der Waals surface area contributed by atoms with Gasteiger partial charge in [0.2, 0.25) is 0 Å². The monoisotopic (exact) mass is 311 g/mol. The van der Waals surface area contributed by atoms with E-state index in [-0.39, 0.29) is 5.88 Å². The number of hydrogen-bond acceptors (Lipinski definition) is 2. The molecule has 21 heavy (non-hydrogen) atoms. The molecule has 0 aliphatic carbocycles. The molecular formula is C14H9ClF3N3. The summed E-state index contributed by atoms with van der Waals surface area (Å²) in [5.41, 5.74) is 0.965. The number of nitrogens with zero attached hydrogens (tertiary/aromatic N) is 3. The number of benzene rings is 1. The second-order valence-electron chi connectivity index (χ2n) is 4.45. The van der Waals surface area contributed by atoms with E-state index in [1.165, 1.54) is 4.68 Å². The van der Waals surface area contributed by atoms with Gasteiger partial charge in [0.25, 0.3) is 0 Å². The molecule has 0 spiro atoms. The van der Waals surface area contributed by atoms with Gasteiger partial charge in [-0.15, -0.1) is 11.6 Å². The molecule has 3 rings (SSSR count). The van der Waals surface area contributed by atoms with E-state index in [1.807, 2.05) is 0 Å². The second-order valence-corrected chi connectivity index (χ2v) is 4.72. The van der Waals surface area contributed by atoms with Gasteiger partial charge in [-0.2, -0.15) is 18.3 Å². The molecule has 0 N–H and O–H groups in total. The third-order valence-corrected chi connectivity index (χ3v) is 3.31. The summed E-state index contributed by atoms with van der Waals surface area (Å²) < 4.78 is 39.3. The first-order valence-corrected chi connectivity index (χ1v) is 6.59. The highest BCUT2D eigenvalue weighted by Crippen LogP contribution is 2.30. The number of pyridine rings is 1. The summed E-state index contributed by atoms with van der Waals surface area (Å²) in [5, 5.41) is 4.52. The zero-order valence-corrected chi connectivity index (χ0v) is 11.4. The molecule has 1 aromatic carbocycles. The summed E-state index contributed by atoms with van der Waals surface area (Å²) in [6.07, 6.45) is -2.66. The smallest absolute Gasteiger partial charge is 0.251 e. The predicted molar refractivity (Wildman–Crippen MR) is 73.4 cm³/mol. The van der Waals surface area contributed by atoms with Crippen molar-refractivity contribution in [1.82, 2.24) is 14.8 Å². The van der Waals surface area contributed by atoms with Crippen molar-refractivity contribution in [2.75, 3.05) is 0 Å². The van der Waals surface area contributed by atoms with E-state index in [9.17, 15) is 13.2 Å². The predicted octanol–water partition coefficient (Wildman–Crippen LogP) is 4.18. The van der Waals surface area contributed by atoms with Crippen molar-refractivity contribution < 1.29 is 13.2 Å². The third kappa shape index (κ3) is 2.58. The van der Waals surface area contributed by atoms with Crippen LogP contribution in [0.25, 0.3) is 16.6 Å². The van der Waals surface area contributed by atoms with E-state index in [0.717, 1.165) is 12.4 Å². The lowest BCUT2D eigenvalue weighted by Crippen LogP contribution is -2.03. The maximum Gasteiger partial charge on any atom is 0.419 e. The van der Waals surface area contributed by atoms with Gasteiger partial charge in [0.15, 0.2) is 0 Å². The highest BCUT2D eigenvalue weighted by atomic mass is 35.5. The Morgan fingerprint density at radius 1 is 1.19 bits per heavy atom. The first-order valence-electron chi connectivity index (χ1n) is 6.06. The van der Waals surface area contributed by atoms with Crippen molar-refractivity contribution >= 4 is 22.5 Å². The molecule has 2 aromatic heterocycles. The lowest BCUT2D eigenvalue weighted by Gasteiger charge is -2.08. The fourth-order valence-electron chi connectivity index (χ4n) is 2.07. The summed E-state index contributed by atoms with van der Waals surface area (Å²) in [5.74, 6) is 0.172. The zero-order valence-electron chi connectivity index (χ0n) is 10.6. The van der Waals surface area contributed by atoms with Gasteiger partial charge in [0, 0.05) is 11.6 Å². The van der Waals surface area contributed by atoms with Gasteiger partial charge in [0.05, 0.1) is 34.5 Å². The fourth-order valence-corrected chi connectivity index (χ4v) is 2.21. The summed E-state index contributed by atoms with van der Waals surface area (Å²) in [7, 11) is 0. The summed E-state index contributed by atoms with van der Waals surface area (Å²) in [4.78, 5) is 4.34. The van der Waals surface area contributed by atoms with Crippen LogP contribution in [0.3, 0.4) is 0 Å². The minimum atomic E-state index is -4.42. The Morgan fingerprint density at radius 3 is 2.62 bits per heavy atom. The SMILES string of the molecule is FC(F)(F)c1cnn(-c2cc(CCl)nc3ccccc23)c1. The van der Waals surface area contributed by atoms with Crippen LogP contribution >= 0.6 is 11.6 Å². The molecule has 108 valence electrons. The Hall–Kier alpha value is -2.08. The number of aromatic nitrogens is 3. The fraction of sp³-hybridized carbons (Fsp3) is 0.143. The maximum absolute atomic E-state index is 12.7. The quantitative estimate of drug-likeness (QED) is 0.665. The van der Waals surface area contributed by atoms with E-state index in [2.05, 4.69) is 10.1 Å². The van der Waals surface area contributed by atoms with Crippen LogP contribution in [0.5, 0.6) is 0 Å². The van der Waals surface area contributed by atoms with Crippen LogP contribution in [0.4, 0.5) is 13.2 Å². The number of halogens is 4. The molecule has 0 saturated carbocycles. The van der Waals surface area contributed by atoms with E-state index < -0.39 is 11.7 Å². The topological polar surface area (TPSA) is 30.7 Å². The van der Waals surface area contributed by atoms with Gasteiger partial charge in [-0.25, -0.2) is 4.68 Å². The Labute approximate surface area is 123 Å². The van der Waals surface area contributed by atoms with Crippen molar-refractivity contribution in [1.29, 1.82) is 0 Å². The van der Waals surface area contributed by atoms with Gasteiger partial charge >= 0.3 is 6.18 Å². The van der Waals surface area contributed by atoms with Crippen molar-refractivity contribution in [3.8, 4) is 5.69 Å². The third-order valence-electron chi connectivity index (χ3n) is 3.04. The average molecular weight is 312 g/mol. The Bertz CT molecular complexity index is 796. The van der Waals surface area contributed by atoms with E-state index >= 15 is 0 Å². The van der Waals surface area contributed by atoms with Gasteiger partial charge in [-0.3, -0.25) is 4.98 Å². The van der Waals surface area contributed by atoms with Crippen molar-refractivity contribution in [2.45, 2.75) is 12.1 Å². The molecule has 3 aromatic rings. The molecule has 0 aliphatic rings. The van der Waals surface area contributed by atoms with Crippen LogP contribution in [-0.2, 0) is 12.1 Å². The highest BCUT2D eigenvalue weighted by Gasteiger charge is 2.32. The summed E-state index contributed by atoms with van der Waals surface area (Å²) in [6.45, 7) is 0. The molecule has 2 heterocycles. The van der Waals surface area contributed by atoms with Crippen molar-refractivity contribution in [3.05, 3.63) is 54.0 Å². The number of rotatable bonds is 2. The zero-order chi connectivity index (χ0) is 15.0. The van der Waals surface area contributed by atoms with Gasteiger partial charge in [-0.1, -0.05) is 18.2 Å². The summed E-state index contributed by atoms with van der Waals surface area (Å²) >= 11 is 5.79. The second kappa shape index (κ2) is 5.04. The molecule has 0 bridgehead atoms. The van der Waals surface area contributed by atoms with Crippen LogP contribution in [-0.4, -0.2) is 14.8 Å². The van der Waals surface area contributed by atoms with Gasteiger partial charge in [0.1, 0.15) is 0 Å².